The molecule has 1 unspecified atom stereocenters. The Bertz CT molecular complexity index is 337. The van der Waals surface area contributed by atoms with E-state index >= 15 is 0 Å². The first-order chi connectivity index (χ1) is 6.91. The maximum Gasteiger partial charge on any atom is 0.216 e. The molecule has 1 atom stereocenters. The van der Waals surface area contributed by atoms with E-state index in [1.165, 1.54) is 6.20 Å². The maximum absolute atomic E-state index is 11.5. The van der Waals surface area contributed by atoms with Crippen molar-refractivity contribution >= 4 is 40.6 Å². The molecule has 0 radical (unpaired) electrons. The fourth-order valence-corrected chi connectivity index (χ4v) is 1.17. The molecule has 82 valence electrons. The van der Waals surface area contributed by atoms with Gasteiger partial charge in [-0.25, -0.2) is 0 Å². The molecule has 15 heavy (non-hydrogen) atoms. The summed E-state index contributed by atoms with van der Waals surface area (Å²) in [7, 11) is 0. The molecule has 1 aromatic rings. The lowest BCUT2D eigenvalue weighted by molar-refractivity contribution is 0.0884. The van der Waals surface area contributed by atoms with Gasteiger partial charge in [0, 0.05) is 24.4 Å². The Morgan fingerprint density at radius 2 is 2.20 bits per heavy atom. The Morgan fingerprint density at radius 1 is 1.53 bits per heavy atom. The Balaban J connectivity index is 2.65. The predicted molar refractivity (Wildman–Crippen MR) is 59.5 cm³/mol. The van der Waals surface area contributed by atoms with Crippen molar-refractivity contribution in [2.24, 2.45) is 0 Å². The number of aliphatic hydroxyl groups is 1. The lowest BCUT2D eigenvalue weighted by Crippen LogP contribution is -2.28. The van der Waals surface area contributed by atoms with Crippen LogP contribution in [0.1, 0.15) is 16.8 Å². The van der Waals surface area contributed by atoms with Crippen molar-refractivity contribution in [3.63, 3.8) is 0 Å². The average molecular weight is 269 g/mol. The molecule has 0 aliphatic rings. The first-order valence-corrected chi connectivity index (χ1v) is 5.22. The zero-order valence-electron chi connectivity index (χ0n) is 7.53. The summed E-state index contributed by atoms with van der Waals surface area (Å²) in [4.78, 5) is 15.3. The van der Waals surface area contributed by atoms with Crippen molar-refractivity contribution in [2.75, 3.05) is 0 Å². The summed E-state index contributed by atoms with van der Waals surface area (Å²) in [6.45, 7) is 0. The highest BCUT2D eigenvalue weighted by molar-refractivity contribution is 6.68. The van der Waals surface area contributed by atoms with Gasteiger partial charge in [-0.1, -0.05) is 34.8 Å². The van der Waals surface area contributed by atoms with Gasteiger partial charge in [0.25, 0.3) is 0 Å². The van der Waals surface area contributed by atoms with E-state index in [9.17, 15) is 9.90 Å². The van der Waals surface area contributed by atoms with E-state index in [1.54, 1.807) is 18.3 Å². The normalized spacial score (nSPS) is 13.6. The monoisotopic (exact) mass is 267 g/mol. The van der Waals surface area contributed by atoms with Crippen LogP contribution in [0.2, 0.25) is 0 Å². The Morgan fingerprint density at radius 3 is 2.67 bits per heavy atom. The molecule has 1 N–H and O–H groups in total. The van der Waals surface area contributed by atoms with Crippen LogP contribution in [0.5, 0.6) is 0 Å². The second kappa shape index (κ2) is 5.12. The van der Waals surface area contributed by atoms with Crippen molar-refractivity contribution in [3.05, 3.63) is 30.1 Å². The molecule has 0 spiro atoms. The van der Waals surface area contributed by atoms with E-state index in [0.717, 1.165) is 0 Å². The van der Waals surface area contributed by atoms with Gasteiger partial charge in [0.2, 0.25) is 3.79 Å². The minimum Gasteiger partial charge on any atom is -0.388 e. The van der Waals surface area contributed by atoms with E-state index in [0.29, 0.717) is 5.56 Å². The number of aromatic nitrogens is 1. The third kappa shape index (κ3) is 3.95. The Hall–Kier alpha value is -0.350. The number of ketones is 1. The number of rotatable bonds is 3. The molecule has 0 aliphatic heterocycles. The van der Waals surface area contributed by atoms with Gasteiger partial charge in [-0.3, -0.25) is 9.78 Å². The third-order valence-corrected chi connectivity index (χ3v) is 2.50. The zero-order chi connectivity index (χ0) is 11.5. The highest BCUT2D eigenvalue weighted by atomic mass is 35.6. The number of hydrogen-bond donors (Lipinski definition) is 1. The van der Waals surface area contributed by atoms with Gasteiger partial charge < -0.3 is 5.11 Å². The molecular formula is C9H8Cl3NO2. The summed E-state index contributed by atoms with van der Waals surface area (Å²) in [5, 5.41) is 9.38. The van der Waals surface area contributed by atoms with E-state index in [-0.39, 0.29) is 12.2 Å². The van der Waals surface area contributed by atoms with E-state index < -0.39 is 9.90 Å². The number of halogens is 3. The number of aliphatic hydroxyl groups excluding tert-OH is 1. The molecule has 3 nitrogen and oxygen atoms in total. The summed E-state index contributed by atoms with van der Waals surface area (Å²) in [6.07, 6.45) is 1.37. The number of Topliss-reactive ketones (excluding diaryl/α,β-unsaturated/α-hetero) is 1. The molecule has 0 amide bonds. The number of hydrogen-bond acceptors (Lipinski definition) is 3. The third-order valence-electron chi connectivity index (χ3n) is 1.74. The first kappa shape index (κ1) is 12.7. The molecule has 0 aliphatic carbocycles. The highest BCUT2D eigenvalue weighted by Crippen LogP contribution is 2.32. The molecule has 0 bridgehead atoms. The molecule has 1 rings (SSSR count). The van der Waals surface area contributed by atoms with E-state index in [2.05, 4.69) is 4.98 Å². The van der Waals surface area contributed by atoms with E-state index in [4.69, 9.17) is 34.8 Å². The number of pyridine rings is 1. The van der Waals surface area contributed by atoms with E-state index in [1.807, 2.05) is 0 Å². The lowest BCUT2D eigenvalue weighted by Gasteiger charge is -2.17. The second-order valence-corrected chi connectivity index (χ2v) is 5.30. The van der Waals surface area contributed by atoms with Crippen LogP contribution < -0.4 is 0 Å². The van der Waals surface area contributed by atoms with Gasteiger partial charge in [-0.2, -0.15) is 0 Å². The number of carbonyl (C=O) groups excluding carboxylic acids is 1. The molecule has 0 saturated carbocycles. The van der Waals surface area contributed by atoms with Crippen LogP contribution in [0.3, 0.4) is 0 Å². The molecule has 1 heterocycles. The smallest absolute Gasteiger partial charge is 0.216 e. The SMILES string of the molecule is O=C(CC(O)C(Cl)(Cl)Cl)c1cccnc1. The topological polar surface area (TPSA) is 50.2 Å². The van der Waals surface area contributed by atoms with Crippen LogP contribution in [0.4, 0.5) is 0 Å². The summed E-state index contributed by atoms with van der Waals surface area (Å²) in [5.74, 6) is -0.318. The number of carbonyl (C=O) groups is 1. The van der Waals surface area contributed by atoms with Crippen LogP contribution in [-0.2, 0) is 0 Å². The highest BCUT2D eigenvalue weighted by Gasteiger charge is 2.32. The molecule has 0 saturated heterocycles. The van der Waals surface area contributed by atoms with Crippen LogP contribution in [0.25, 0.3) is 0 Å². The van der Waals surface area contributed by atoms with Crippen LogP contribution in [0.15, 0.2) is 24.5 Å². The van der Waals surface area contributed by atoms with Crippen molar-refractivity contribution in [1.82, 2.24) is 4.98 Å². The fraction of sp³-hybridized carbons (Fsp3) is 0.333. The van der Waals surface area contributed by atoms with Crippen LogP contribution in [-0.4, -0.2) is 25.8 Å². The van der Waals surface area contributed by atoms with Crippen LogP contribution in [0, 0.1) is 0 Å². The fourth-order valence-electron chi connectivity index (χ4n) is 0.937. The molecule has 1 aromatic heterocycles. The zero-order valence-corrected chi connectivity index (χ0v) is 9.80. The summed E-state index contributed by atoms with van der Waals surface area (Å²) >= 11 is 16.3. The standard InChI is InChI=1S/C9H8Cl3NO2/c10-9(11,12)8(15)4-7(14)6-2-1-3-13-5-6/h1-3,5,8,15H,4H2. The van der Waals surface area contributed by atoms with Crippen molar-refractivity contribution < 1.29 is 9.90 Å². The molecule has 0 fully saturated rings. The van der Waals surface area contributed by atoms with Gasteiger partial charge in [0.05, 0.1) is 0 Å². The van der Waals surface area contributed by atoms with Gasteiger partial charge in [0.15, 0.2) is 5.78 Å². The number of alkyl halides is 3. The van der Waals surface area contributed by atoms with Gasteiger partial charge in [0.1, 0.15) is 6.10 Å². The first-order valence-electron chi connectivity index (χ1n) is 4.09. The second-order valence-electron chi connectivity index (χ2n) is 2.93. The molecule has 6 heteroatoms. The van der Waals surface area contributed by atoms with Crippen LogP contribution >= 0.6 is 34.8 Å². The largest absolute Gasteiger partial charge is 0.388 e. The van der Waals surface area contributed by atoms with Crippen molar-refractivity contribution in [3.8, 4) is 0 Å². The predicted octanol–water partition coefficient (Wildman–Crippen LogP) is 2.39. The molecular weight excluding hydrogens is 260 g/mol. The average Bonchev–Trinajstić information content (AvgIpc) is 2.17. The van der Waals surface area contributed by atoms with Crippen molar-refractivity contribution in [1.29, 1.82) is 0 Å². The number of nitrogens with zero attached hydrogens (tertiary/aromatic N) is 1. The molecule has 0 aromatic carbocycles. The summed E-state index contributed by atoms with van der Waals surface area (Å²) in [5.41, 5.74) is 0.380. The van der Waals surface area contributed by atoms with Gasteiger partial charge in [-0.15, -0.1) is 0 Å². The quantitative estimate of drug-likeness (QED) is 0.676. The summed E-state index contributed by atoms with van der Waals surface area (Å²) < 4.78 is -1.85. The maximum atomic E-state index is 11.5. The minimum absolute atomic E-state index is 0.248. The Kier molecular flexibility index (Phi) is 4.34. The van der Waals surface area contributed by atoms with Gasteiger partial charge >= 0.3 is 0 Å². The van der Waals surface area contributed by atoms with Crippen molar-refractivity contribution in [2.45, 2.75) is 16.3 Å². The summed E-state index contributed by atoms with van der Waals surface area (Å²) in [6, 6.07) is 3.20. The van der Waals surface area contributed by atoms with Gasteiger partial charge in [-0.05, 0) is 12.1 Å². The lowest BCUT2D eigenvalue weighted by atomic mass is 10.1. The Labute approximate surface area is 102 Å². The minimum atomic E-state index is -1.85.